The molecule has 0 aliphatic carbocycles. The number of benzene rings is 2. The van der Waals surface area contributed by atoms with Crippen LogP contribution in [0.25, 0.3) is 10.8 Å². The number of hydrogen-bond donors (Lipinski definition) is 2. The molecule has 0 unspecified atom stereocenters. The molecule has 0 saturated carbocycles. The third-order valence-corrected chi connectivity index (χ3v) is 5.70. The summed E-state index contributed by atoms with van der Waals surface area (Å²) in [4.78, 5) is 22.8. The van der Waals surface area contributed by atoms with Crippen LogP contribution in [-0.2, 0) is 19.1 Å². The lowest BCUT2D eigenvalue weighted by atomic mass is 10.1. The molecule has 0 spiro atoms. The smallest absolute Gasteiger partial charge is 0.343 e. The molecule has 0 N–H and O–H groups in total. The Balaban J connectivity index is 1.61. The van der Waals surface area contributed by atoms with Crippen LogP contribution in [0.4, 0.5) is 0 Å². The zero-order valence-electron chi connectivity index (χ0n) is 20.7. The van der Waals surface area contributed by atoms with Crippen LogP contribution < -0.4 is 9.47 Å². The second-order valence-corrected chi connectivity index (χ2v) is 9.44. The minimum absolute atomic E-state index is 0.128. The highest BCUT2D eigenvalue weighted by Crippen LogP contribution is 2.25. The summed E-state index contributed by atoms with van der Waals surface area (Å²) in [5, 5.41) is 2.21. The second kappa shape index (κ2) is 17.0. The molecule has 0 atom stereocenters. The second-order valence-electron chi connectivity index (χ2n) is 8.36. The van der Waals surface area contributed by atoms with Gasteiger partial charge in [-0.1, -0.05) is 25.3 Å². The molecule has 0 heterocycles. The molecule has 6 nitrogen and oxygen atoms in total. The number of hydrogen-bond acceptors (Lipinski definition) is 8. The van der Waals surface area contributed by atoms with Crippen molar-refractivity contribution in [3.63, 3.8) is 0 Å². The van der Waals surface area contributed by atoms with Crippen molar-refractivity contribution >= 4 is 48.0 Å². The number of carbonyl (C=O) groups is 2. The van der Waals surface area contributed by atoms with Gasteiger partial charge in [0.25, 0.3) is 0 Å². The number of carbonyl (C=O) groups excluding carboxylic acids is 2. The molecule has 196 valence electrons. The third-order valence-electron chi connectivity index (χ3n) is 5.34. The normalized spacial score (nSPS) is 10.6. The van der Waals surface area contributed by atoms with E-state index in [2.05, 4.69) is 38.4 Å². The number of esters is 2. The largest absolute Gasteiger partial charge is 0.494 e. The molecule has 0 radical (unpaired) electrons. The molecule has 0 saturated heterocycles. The highest BCUT2D eigenvalue weighted by molar-refractivity contribution is 7.85. The van der Waals surface area contributed by atoms with E-state index in [4.69, 9.17) is 18.9 Å². The molecule has 2 rings (SSSR count). The molecule has 0 bridgehead atoms. The van der Waals surface area contributed by atoms with Crippen LogP contribution in [-0.4, -0.2) is 38.4 Å². The number of ether oxygens (including phenoxy) is 4. The highest BCUT2D eigenvalue weighted by Gasteiger charge is 2.05. The molecule has 8 heteroatoms. The molecular formula is C28H36O6S2. The van der Waals surface area contributed by atoms with Gasteiger partial charge in [-0.25, -0.2) is 9.59 Å². The van der Waals surface area contributed by atoms with Crippen molar-refractivity contribution < 1.29 is 28.5 Å². The topological polar surface area (TPSA) is 71.1 Å². The monoisotopic (exact) mass is 532 g/mol. The van der Waals surface area contributed by atoms with Gasteiger partial charge in [0.05, 0.1) is 36.2 Å². The summed E-state index contributed by atoms with van der Waals surface area (Å²) in [6, 6.07) is 12.1. The van der Waals surface area contributed by atoms with Crippen molar-refractivity contribution in [2.45, 2.75) is 51.4 Å². The zero-order valence-corrected chi connectivity index (χ0v) is 22.5. The van der Waals surface area contributed by atoms with Crippen LogP contribution in [0.2, 0.25) is 0 Å². The van der Waals surface area contributed by atoms with E-state index in [1.54, 1.807) is 0 Å². The van der Waals surface area contributed by atoms with Gasteiger partial charge < -0.3 is 18.9 Å². The fraction of sp³-hybridized carbons (Fsp3) is 0.429. The minimum Gasteiger partial charge on any atom is -0.494 e. The summed E-state index contributed by atoms with van der Waals surface area (Å²) in [6.45, 7) is 8.92. The van der Waals surface area contributed by atoms with Gasteiger partial charge in [0.1, 0.15) is 11.5 Å². The quantitative estimate of drug-likeness (QED) is 0.0964. The first-order valence-electron chi connectivity index (χ1n) is 12.3. The molecule has 0 aliphatic heterocycles. The third kappa shape index (κ3) is 11.9. The molecule has 0 amide bonds. The van der Waals surface area contributed by atoms with E-state index < -0.39 is 11.9 Å². The Kier molecular flexibility index (Phi) is 14.0. The van der Waals surface area contributed by atoms with Crippen LogP contribution >= 0.6 is 25.3 Å². The lowest BCUT2D eigenvalue weighted by Gasteiger charge is -2.10. The molecule has 2 aromatic rings. The number of fused-ring (bicyclic) bond motifs is 1. The van der Waals surface area contributed by atoms with Crippen molar-refractivity contribution in [1.29, 1.82) is 0 Å². The zero-order chi connectivity index (χ0) is 26.2. The average Bonchev–Trinajstić information content (AvgIpc) is 2.86. The average molecular weight is 533 g/mol. The van der Waals surface area contributed by atoms with Gasteiger partial charge in [0, 0.05) is 0 Å². The van der Waals surface area contributed by atoms with E-state index in [-0.39, 0.29) is 9.81 Å². The summed E-state index contributed by atoms with van der Waals surface area (Å²) in [7, 11) is 0. The molecule has 2 aromatic carbocycles. The van der Waals surface area contributed by atoms with Crippen molar-refractivity contribution in [3.05, 3.63) is 59.4 Å². The van der Waals surface area contributed by atoms with Crippen LogP contribution in [0.1, 0.15) is 51.4 Å². The standard InChI is InChI=1S/C28H36O6S2/c1-21(35)27(29)33-17-9-5-3-7-15-31-25-13-11-23-12-14-26(20-24(23)19-25)32-16-8-4-6-10-18-34-28(30)22(2)36/h11-14,19-20,35-36H,1-10,15-18H2. The Morgan fingerprint density at radius 2 is 0.972 bits per heavy atom. The Bertz CT molecular complexity index is 944. The maximum Gasteiger partial charge on any atom is 0.343 e. The van der Waals surface area contributed by atoms with E-state index in [9.17, 15) is 9.59 Å². The van der Waals surface area contributed by atoms with Crippen LogP contribution in [0.3, 0.4) is 0 Å². The van der Waals surface area contributed by atoms with Gasteiger partial charge in [-0.15, -0.1) is 25.3 Å². The van der Waals surface area contributed by atoms with Crippen molar-refractivity contribution in [2.24, 2.45) is 0 Å². The van der Waals surface area contributed by atoms with Gasteiger partial charge in [-0.3, -0.25) is 0 Å². The Morgan fingerprint density at radius 3 is 1.36 bits per heavy atom. The summed E-state index contributed by atoms with van der Waals surface area (Å²) >= 11 is 7.72. The molecule has 36 heavy (non-hydrogen) atoms. The van der Waals surface area contributed by atoms with Gasteiger partial charge in [0.15, 0.2) is 0 Å². The molecule has 0 aromatic heterocycles. The first-order chi connectivity index (χ1) is 17.4. The predicted octanol–water partition coefficient (Wildman–Crippen LogP) is 6.69. The Hall–Kier alpha value is -2.58. The lowest BCUT2D eigenvalue weighted by Crippen LogP contribution is -2.05. The van der Waals surface area contributed by atoms with E-state index in [1.807, 2.05) is 36.4 Å². The summed E-state index contributed by atoms with van der Waals surface area (Å²) in [6.07, 6.45) is 7.43. The SMILES string of the molecule is C=C(S)C(=O)OCCCCCCOc1ccc2ccc(OCCCCCCOC(=O)C(=C)S)cc2c1. The molecular weight excluding hydrogens is 496 g/mol. The van der Waals surface area contributed by atoms with E-state index in [1.165, 1.54) is 0 Å². The van der Waals surface area contributed by atoms with Gasteiger partial charge in [0.2, 0.25) is 0 Å². The van der Waals surface area contributed by atoms with E-state index in [0.29, 0.717) is 26.4 Å². The number of thiol groups is 2. The summed E-state index contributed by atoms with van der Waals surface area (Å²) in [5.74, 6) is 0.756. The first-order valence-corrected chi connectivity index (χ1v) is 13.2. The fourth-order valence-corrected chi connectivity index (χ4v) is 3.50. The summed E-state index contributed by atoms with van der Waals surface area (Å²) < 4.78 is 21.9. The van der Waals surface area contributed by atoms with Crippen LogP contribution in [0, 0.1) is 0 Å². The number of unbranched alkanes of at least 4 members (excludes halogenated alkanes) is 6. The van der Waals surface area contributed by atoms with Crippen molar-refractivity contribution in [1.82, 2.24) is 0 Å². The maximum atomic E-state index is 11.2. The minimum atomic E-state index is -0.458. The van der Waals surface area contributed by atoms with Gasteiger partial charge >= 0.3 is 11.9 Å². The Morgan fingerprint density at radius 1 is 0.583 bits per heavy atom. The van der Waals surface area contributed by atoms with Crippen LogP contribution in [0.5, 0.6) is 11.5 Å². The maximum absolute atomic E-state index is 11.2. The van der Waals surface area contributed by atoms with E-state index in [0.717, 1.165) is 73.6 Å². The Labute approximate surface area is 224 Å². The van der Waals surface area contributed by atoms with Gasteiger partial charge in [-0.05, 0) is 86.4 Å². The molecule has 0 fully saturated rings. The van der Waals surface area contributed by atoms with E-state index >= 15 is 0 Å². The highest BCUT2D eigenvalue weighted by atomic mass is 32.1. The van der Waals surface area contributed by atoms with Gasteiger partial charge in [-0.2, -0.15) is 0 Å². The summed E-state index contributed by atoms with van der Waals surface area (Å²) in [5.41, 5.74) is 0. The lowest BCUT2D eigenvalue weighted by molar-refractivity contribution is -0.139. The first kappa shape index (κ1) is 29.6. The predicted molar refractivity (Wildman–Crippen MR) is 150 cm³/mol. The fourth-order valence-electron chi connectivity index (χ4n) is 3.37. The van der Waals surface area contributed by atoms with Crippen LogP contribution in [0.15, 0.2) is 59.4 Å². The molecule has 0 aliphatic rings. The van der Waals surface area contributed by atoms with Crippen molar-refractivity contribution in [2.75, 3.05) is 26.4 Å². The van der Waals surface area contributed by atoms with Crippen molar-refractivity contribution in [3.8, 4) is 11.5 Å². The number of rotatable bonds is 18.